The average Bonchev–Trinajstić information content (AvgIpc) is 2.86. The van der Waals surface area contributed by atoms with Gasteiger partial charge in [-0.2, -0.15) is 13.2 Å². The second kappa shape index (κ2) is 16.7. The summed E-state index contributed by atoms with van der Waals surface area (Å²) >= 11 is 0. The van der Waals surface area contributed by atoms with E-state index < -0.39 is 11.7 Å². The van der Waals surface area contributed by atoms with E-state index in [1.807, 2.05) is 49.3 Å². The molecule has 0 bridgehead atoms. The van der Waals surface area contributed by atoms with Crippen molar-refractivity contribution in [3.05, 3.63) is 65.7 Å². The Morgan fingerprint density at radius 1 is 0.895 bits per heavy atom. The maximum Gasteiger partial charge on any atom is 0.416 e. The number of unbranched alkanes of at least 4 members (excludes halogenated alkanes) is 5. The summed E-state index contributed by atoms with van der Waals surface area (Å²) < 4.78 is 48.6. The number of likely N-dealkylation sites (N-methyl/N-ethyl adjacent to an activating group) is 1. The van der Waals surface area contributed by atoms with Gasteiger partial charge in [0.1, 0.15) is 12.4 Å². The Labute approximate surface area is 223 Å². The Morgan fingerprint density at radius 2 is 1.53 bits per heavy atom. The monoisotopic (exact) mass is 536 g/mol. The van der Waals surface area contributed by atoms with Crippen molar-refractivity contribution in [2.45, 2.75) is 70.2 Å². The first-order chi connectivity index (χ1) is 18.1. The van der Waals surface area contributed by atoms with Gasteiger partial charge in [-0.15, -0.1) is 0 Å². The molecule has 0 unspecified atom stereocenters. The molecule has 0 spiro atoms. The van der Waals surface area contributed by atoms with E-state index in [1.54, 1.807) is 0 Å². The predicted octanol–water partition coefficient (Wildman–Crippen LogP) is 5.99. The molecule has 0 saturated heterocycles. The molecule has 2 aromatic rings. The topological polar surface area (TPSA) is 67.9 Å². The zero-order valence-corrected chi connectivity index (χ0v) is 22.3. The lowest BCUT2D eigenvalue weighted by Crippen LogP contribution is -2.43. The van der Waals surface area contributed by atoms with E-state index in [4.69, 9.17) is 9.47 Å². The van der Waals surface area contributed by atoms with Crippen molar-refractivity contribution in [3.8, 4) is 5.75 Å². The quantitative estimate of drug-likeness (QED) is 0.199. The first-order valence-electron chi connectivity index (χ1n) is 13.1. The van der Waals surface area contributed by atoms with Crippen LogP contribution >= 0.6 is 0 Å². The van der Waals surface area contributed by atoms with Crippen molar-refractivity contribution < 1.29 is 32.2 Å². The summed E-state index contributed by atoms with van der Waals surface area (Å²) in [6.07, 6.45) is 1.60. The number of nitrogens with zero attached hydrogens (tertiary/aromatic N) is 1. The minimum atomic E-state index is -4.34. The molecular formula is C29H39F3N2O4. The summed E-state index contributed by atoms with van der Waals surface area (Å²) in [5, 5.41) is 2.96. The maximum absolute atomic E-state index is 12.6. The zero-order chi connectivity index (χ0) is 27.8. The number of carbonyl (C=O) groups is 2. The summed E-state index contributed by atoms with van der Waals surface area (Å²) in [7, 11) is 3.78. The Hall–Kier alpha value is -3.07. The molecule has 0 radical (unpaired) electrons. The predicted molar refractivity (Wildman–Crippen MR) is 141 cm³/mol. The largest absolute Gasteiger partial charge is 0.494 e. The summed E-state index contributed by atoms with van der Waals surface area (Å²) in [5.41, 5.74) is 0.230. The van der Waals surface area contributed by atoms with E-state index in [9.17, 15) is 22.8 Å². The fraction of sp³-hybridized carbons (Fsp3) is 0.517. The summed E-state index contributed by atoms with van der Waals surface area (Å²) in [4.78, 5) is 26.6. The first-order valence-corrected chi connectivity index (χ1v) is 13.1. The second-order valence-corrected chi connectivity index (χ2v) is 9.62. The number of benzene rings is 2. The molecule has 2 aromatic carbocycles. The summed E-state index contributed by atoms with van der Waals surface area (Å²) in [5.74, 6) is 0.0157. The van der Waals surface area contributed by atoms with Crippen molar-refractivity contribution in [1.82, 2.24) is 10.2 Å². The van der Waals surface area contributed by atoms with Crippen LogP contribution in [0.25, 0.3) is 0 Å². The lowest BCUT2D eigenvalue weighted by atomic mass is 10.1. The molecule has 2 rings (SSSR count). The van der Waals surface area contributed by atoms with Gasteiger partial charge in [0, 0.05) is 13.0 Å². The minimum Gasteiger partial charge on any atom is -0.494 e. The van der Waals surface area contributed by atoms with E-state index >= 15 is 0 Å². The highest BCUT2D eigenvalue weighted by atomic mass is 19.4. The van der Waals surface area contributed by atoms with E-state index in [0.29, 0.717) is 25.3 Å². The number of hydrogen-bond donors (Lipinski definition) is 1. The number of ether oxygens (including phenoxy) is 2. The number of alkyl halides is 3. The number of esters is 1. The highest BCUT2D eigenvalue weighted by molar-refractivity contribution is 5.77. The Kier molecular flexibility index (Phi) is 13.7. The standard InChI is InChI=1S/C29H39F3N2O4/c1-34(2)21-25(20-28(36)38-22-23-12-8-7-9-13-23)33-27(35)14-10-5-3-4-6-11-19-37-26-17-15-24(16-18-26)29(30,31)32/h7-9,12-13,15-18,25H,3-6,10-11,14,19-22H2,1-2H3,(H,33,35)/t25-/m1/s1. The first kappa shape index (κ1) is 31.1. The van der Waals surface area contributed by atoms with Gasteiger partial charge in [0.05, 0.1) is 24.6 Å². The molecule has 1 amide bonds. The number of hydrogen-bond acceptors (Lipinski definition) is 5. The zero-order valence-electron chi connectivity index (χ0n) is 22.3. The number of amides is 1. The van der Waals surface area contributed by atoms with E-state index in [-0.39, 0.29) is 30.9 Å². The number of halogens is 3. The third-order valence-corrected chi connectivity index (χ3v) is 5.85. The number of carbonyl (C=O) groups excluding carboxylic acids is 2. The molecule has 0 saturated carbocycles. The minimum absolute atomic E-state index is 0.0716. The van der Waals surface area contributed by atoms with Gasteiger partial charge >= 0.3 is 12.1 Å². The lowest BCUT2D eigenvalue weighted by molar-refractivity contribution is -0.145. The smallest absolute Gasteiger partial charge is 0.416 e. The third kappa shape index (κ3) is 13.5. The SMILES string of the molecule is CN(C)C[C@@H](CC(=O)OCc1ccccc1)NC(=O)CCCCCCCCOc1ccc(C(F)(F)F)cc1. The second-order valence-electron chi connectivity index (χ2n) is 9.62. The highest BCUT2D eigenvalue weighted by Crippen LogP contribution is 2.30. The molecule has 0 aliphatic carbocycles. The van der Waals surface area contributed by atoms with Crippen LogP contribution in [0.3, 0.4) is 0 Å². The summed E-state index contributed by atoms with van der Waals surface area (Å²) in [6.45, 7) is 1.21. The van der Waals surface area contributed by atoms with Gasteiger partial charge in [-0.05, 0) is 56.8 Å². The van der Waals surface area contributed by atoms with Gasteiger partial charge < -0.3 is 19.7 Å². The molecule has 210 valence electrons. The molecule has 1 atom stereocenters. The van der Waals surface area contributed by atoms with E-state index in [1.165, 1.54) is 12.1 Å². The Bertz CT molecular complexity index is 951. The van der Waals surface area contributed by atoms with Crippen molar-refractivity contribution in [2.75, 3.05) is 27.2 Å². The Balaban J connectivity index is 1.54. The number of nitrogens with one attached hydrogen (secondary N) is 1. The highest BCUT2D eigenvalue weighted by Gasteiger charge is 2.30. The van der Waals surface area contributed by atoms with Gasteiger partial charge in [-0.1, -0.05) is 56.0 Å². The molecular weight excluding hydrogens is 497 g/mol. The maximum atomic E-state index is 12.6. The molecule has 0 aromatic heterocycles. The van der Waals surface area contributed by atoms with Gasteiger partial charge in [-0.25, -0.2) is 0 Å². The van der Waals surface area contributed by atoms with Crippen LogP contribution in [-0.2, 0) is 27.1 Å². The van der Waals surface area contributed by atoms with Crippen molar-refractivity contribution in [2.24, 2.45) is 0 Å². The van der Waals surface area contributed by atoms with Crippen molar-refractivity contribution in [1.29, 1.82) is 0 Å². The van der Waals surface area contributed by atoms with Crippen LogP contribution in [0.4, 0.5) is 13.2 Å². The molecule has 0 heterocycles. The molecule has 1 N–H and O–H groups in total. The van der Waals surface area contributed by atoms with Crippen LogP contribution in [0.5, 0.6) is 5.75 Å². The van der Waals surface area contributed by atoms with Crippen LogP contribution in [0, 0.1) is 0 Å². The van der Waals surface area contributed by atoms with Gasteiger partial charge in [0.2, 0.25) is 5.91 Å². The molecule has 0 aliphatic heterocycles. The average molecular weight is 537 g/mol. The van der Waals surface area contributed by atoms with Crippen LogP contribution in [0.15, 0.2) is 54.6 Å². The molecule has 0 fully saturated rings. The van der Waals surface area contributed by atoms with Crippen LogP contribution in [0.1, 0.15) is 62.5 Å². The van der Waals surface area contributed by atoms with Gasteiger partial charge in [-0.3, -0.25) is 9.59 Å². The van der Waals surface area contributed by atoms with Crippen molar-refractivity contribution in [3.63, 3.8) is 0 Å². The van der Waals surface area contributed by atoms with Crippen LogP contribution in [-0.4, -0.2) is 50.1 Å². The molecule has 38 heavy (non-hydrogen) atoms. The van der Waals surface area contributed by atoms with E-state index in [2.05, 4.69) is 5.32 Å². The van der Waals surface area contributed by atoms with Crippen LogP contribution < -0.4 is 10.1 Å². The fourth-order valence-corrected chi connectivity index (χ4v) is 3.92. The van der Waals surface area contributed by atoms with Crippen molar-refractivity contribution >= 4 is 11.9 Å². The molecule has 6 nitrogen and oxygen atoms in total. The molecule has 0 aliphatic rings. The normalized spacial score (nSPS) is 12.3. The Morgan fingerprint density at radius 3 is 2.16 bits per heavy atom. The lowest BCUT2D eigenvalue weighted by Gasteiger charge is -2.22. The summed E-state index contributed by atoms with van der Waals surface area (Å²) in [6, 6.07) is 13.9. The third-order valence-electron chi connectivity index (χ3n) is 5.85. The van der Waals surface area contributed by atoms with Gasteiger partial charge in [0.15, 0.2) is 0 Å². The van der Waals surface area contributed by atoms with Gasteiger partial charge in [0.25, 0.3) is 0 Å². The molecule has 9 heteroatoms. The fourth-order valence-electron chi connectivity index (χ4n) is 3.92. The number of rotatable bonds is 17. The van der Waals surface area contributed by atoms with E-state index in [0.717, 1.165) is 56.2 Å². The van der Waals surface area contributed by atoms with Crippen LogP contribution in [0.2, 0.25) is 0 Å².